The highest BCUT2D eigenvalue weighted by Crippen LogP contribution is 2.21. The molecule has 0 aliphatic heterocycles. The van der Waals surface area contributed by atoms with Gasteiger partial charge in [0.1, 0.15) is 12.4 Å². The summed E-state index contributed by atoms with van der Waals surface area (Å²) in [4.78, 5) is 23.8. The van der Waals surface area contributed by atoms with Crippen molar-refractivity contribution in [2.45, 2.75) is 19.8 Å². The molecule has 0 heterocycles. The highest BCUT2D eigenvalue weighted by atomic mass is 79.9. The fourth-order valence-electron chi connectivity index (χ4n) is 2.19. The van der Waals surface area contributed by atoms with E-state index in [-0.39, 0.29) is 31.3 Å². The van der Waals surface area contributed by atoms with Gasteiger partial charge in [-0.25, -0.2) is 5.43 Å². The van der Waals surface area contributed by atoms with E-state index in [4.69, 9.17) is 11.2 Å². The lowest BCUT2D eigenvalue weighted by atomic mass is 10.2. The first-order chi connectivity index (χ1) is 13.5. The second-order valence-corrected chi connectivity index (χ2v) is 6.80. The number of carbonyl (C=O) groups is 2. The maximum atomic E-state index is 11.9. The Morgan fingerprint density at radius 3 is 2.61 bits per heavy atom. The van der Waals surface area contributed by atoms with Crippen molar-refractivity contribution in [3.63, 3.8) is 0 Å². The predicted molar refractivity (Wildman–Crippen MR) is 113 cm³/mol. The number of anilines is 1. The summed E-state index contributed by atoms with van der Waals surface area (Å²) in [5.41, 5.74) is 4.86. The summed E-state index contributed by atoms with van der Waals surface area (Å²) in [6.07, 6.45) is 6.74. The minimum atomic E-state index is -0.364. The molecule has 144 valence electrons. The van der Waals surface area contributed by atoms with Crippen LogP contribution in [0.2, 0.25) is 0 Å². The molecule has 0 fully saturated rings. The normalized spacial score (nSPS) is 10.3. The summed E-state index contributed by atoms with van der Waals surface area (Å²) in [5, 5.41) is 6.66. The number of aryl methyl sites for hydroxylation is 1. The summed E-state index contributed by atoms with van der Waals surface area (Å²) < 4.78 is 6.26. The van der Waals surface area contributed by atoms with Crippen LogP contribution in [0.3, 0.4) is 0 Å². The first kappa shape index (κ1) is 21.2. The van der Waals surface area contributed by atoms with Gasteiger partial charge < -0.3 is 10.1 Å². The van der Waals surface area contributed by atoms with Crippen LogP contribution < -0.4 is 15.5 Å². The van der Waals surface area contributed by atoms with E-state index in [2.05, 4.69) is 37.7 Å². The third kappa shape index (κ3) is 7.25. The van der Waals surface area contributed by atoms with Crippen molar-refractivity contribution < 1.29 is 14.3 Å². The summed E-state index contributed by atoms with van der Waals surface area (Å²) in [7, 11) is 0. The molecular weight excluding hydrogens is 422 g/mol. The number of halogens is 1. The molecule has 6 nitrogen and oxygen atoms in total. The fourth-order valence-corrected chi connectivity index (χ4v) is 2.57. The van der Waals surface area contributed by atoms with Gasteiger partial charge >= 0.3 is 0 Å². The molecule has 2 amide bonds. The van der Waals surface area contributed by atoms with E-state index in [1.54, 1.807) is 12.1 Å². The van der Waals surface area contributed by atoms with Crippen LogP contribution in [-0.4, -0.2) is 24.6 Å². The van der Waals surface area contributed by atoms with Gasteiger partial charge in [0.15, 0.2) is 0 Å². The van der Waals surface area contributed by atoms with Crippen LogP contribution in [0, 0.1) is 19.3 Å². The molecule has 0 saturated carbocycles. The van der Waals surface area contributed by atoms with Gasteiger partial charge in [-0.05, 0) is 37.3 Å². The molecule has 0 spiro atoms. The largest absolute Gasteiger partial charge is 0.480 e. The minimum absolute atomic E-state index is 0.0218. The lowest BCUT2D eigenvalue weighted by Crippen LogP contribution is -2.20. The topological polar surface area (TPSA) is 79.8 Å². The monoisotopic (exact) mass is 441 g/mol. The van der Waals surface area contributed by atoms with E-state index in [9.17, 15) is 9.59 Å². The minimum Gasteiger partial charge on any atom is -0.480 e. The lowest BCUT2D eigenvalue weighted by Gasteiger charge is -2.07. The van der Waals surface area contributed by atoms with Gasteiger partial charge in [-0.3, -0.25) is 9.59 Å². The van der Waals surface area contributed by atoms with Crippen LogP contribution in [-0.2, 0) is 9.59 Å². The average Bonchev–Trinajstić information content (AvgIpc) is 2.67. The first-order valence-electron chi connectivity index (χ1n) is 8.52. The van der Waals surface area contributed by atoms with Crippen LogP contribution in [0.5, 0.6) is 5.75 Å². The molecule has 0 unspecified atom stereocenters. The molecule has 7 heteroatoms. The number of hydrazone groups is 1. The number of nitrogens with one attached hydrogen (secondary N) is 2. The van der Waals surface area contributed by atoms with Crippen molar-refractivity contribution >= 4 is 39.6 Å². The smallest absolute Gasteiger partial charge is 0.240 e. The molecule has 0 saturated heterocycles. The molecule has 0 aromatic heterocycles. The molecule has 0 radical (unpaired) electrons. The van der Waals surface area contributed by atoms with Gasteiger partial charge in [-0.1, -0.05) is 39.5 Å². The Morgan fingerprint density at radius 1 is 1.18 bits per heavy atom. The zero-order valence-corrected chi connectivity index (χ0v) is 17.0. The number of benzene rings is 2. The van der Waals surface area contributed by atoms with Crippen molar-refractivity contribution in [3.05, 3.63) is 58.1 Å². The van der Waals surface area contributed by atoms with Gasteiger partial charge in [-0.2, -0.15) is 5.10 Å². The lowest BCUT2D eigenvalue weighted by molar-refractivity contribution is -0.124. The second-order valence-electron chi connectivity index (χ2n) is 5.88. The van der Waals surface area contributed by atoms with Crippen LogP contribution in [0.4, 0.5) is 5.69 Å². The number of terminal acetylenes is 1. The standard InChI is InChI=1S/C21H20BrN3O3/c1-3-12-28-19-9-6-17(22)13-16(19)14-23-25-21(27)11-10-20(26)24-18-7-4-15(2)5-8-18/h1,4-9,13-14H,10-12H2,2H3,(H,24,26)(H,25,27). The molecular formula is C21H20BrN3O3. The van der Waals surface area contributed by atoms with E-state index < -0.39 is 0 Å². The number of amides is 2. The number of ether oxygens (including phenoxy) is 1. The van der Waals surface area contributed by atoms with Gasteiger partial charge in [0.05, 0.1) is 6.21 Å². The Hall–Kier alpha value is -3.11. The maximum Gasteiger partial charge on any atom is 0.240 e. The summed E-state index contributed by atoms with van der Waals surface area (Å²) in [5.74, 6) is 2.35. The Morgan fingerprint density at radius 2 is 1.89 bits per heavy atom. The summed E-state index contributed by atoms with van der Waals surface area (Å²) in [6, 6.07) is 12.8. The van der Waals surface area contributed by atoms with Crippen molar-refractivity contribution in [3.8, 4) is 18.1 Å². The number of rotatable bonds is 8. The van der Waals surface area contributed by atoms with Crippen molar-refractivity contribution in [2.24, 2.45) is 5.10 Å². The highest BCUT2D eigenvalue weighted by molar-refractivity contribution is 9.10. The van der Waals surface area contributed by atoms with E-state index in [1.165, 1.54) is 6.21 Å². The van der Waals surface area contributed by atoms with Crippen molar-refractivity contribution in [1.82, 2.24) is 5.43 Å². The maximum absolute atomic E-state index is 11.9. The van der Waals surface area contributed by atoms with Gasteiger partial charge in [0.2, 0.25) is 11.8 Å². The number of hydrogen-bond donors (Lipinski definition) is 2. The zero-order chi connectivity index (χ0) is 20.4. The van der Waals surface area contributed by atoms with Crippen LogP contribution in [0.15, 0.2) is 52.0 Å². The summed E-state index contributed by atoms with van der Waals surface area (Å²) >= 11 is 3.37. The van der Waals surface area contributed by atoms with Gasteiger partial charge in [-0.15, -0.1) is 6.42 Å². The molecule has 2 N–H and O–H groups in total. The first-order valence-corrected chi connectivity index (χ1v) is 9.31. The molecule has 2 aromatic rings. The number of hydrogen-bond acceptors (Lipinski definition) is 4. The van der Waals surface area contributed by atoms with Gasteiger partial charge in [0, 0.05) is 28.6 Å². The summed E-state index contributed by atoms with van der Waals surface area (Å²) in [6.45, 7) is 2.10. The molecule has 0 atom stereocenters. The third-order valence-electron chi connectivity index (χ3n) is 3.59. The Balaban J connectivity index is 1.82. The fraction of sp³-hybridized carbons (Fsp3) is 0.190. The molecule has 0 aliphatic carbocycles. The average molecular weight is 442 g/mol. The molecule has 2 rings (SSSR count). The molecule has 2 aromatic carbocycles. The Labute approximate surface area is 172 Å². The highest BCUT2D eigenvalue weighted by Gasteiger charge is 2.07. The van der Waals surface area contributed by atoms with Crippen LogP contribution in [0.25, 0.3) is 0 Å². The van der Waals surface area contributed by atoms with Crippen molar-refractivity contribution in [2.75, 3.05) is 11.9 Å². The second kappa shape index (κ2) is 10.9. The Bertz CT molecular complexity index is 902. The predicted octanol–water partition coefficient (Wildman–Crippen LogP) is 3.64. The molecule has 0 aliphatic rings. The number of carbonyl (C=O) groups excluding carboxylic acids is 2. The zero-order valence-electron chi connectivity index (χ0n) is 15.4. The number of nitrogens with zero attached hydrogens (tertiary/aromatic N) is 1. The van der Waals surface area contributed by atoms with Crippen LogP contribution >= 0.6 is 15.9 Å². The quantitative estimate of drug-likeness (QED) is 0.372. The van der Waals surface area contributed by atoms with Crippen molar-refractivity contribution in [1.29, 1.82) is 0 Å². The van der Waals surface area contributed by atoms with E-state index >= 15 is 0 Å². The third-order valence-corrected chi connectivity index (χ3v) is 4.08. The van der Waals surface area contributed by atoms with Gasteiger partial charge in [0.25, 0.3) is 0 Å². The SMILES string of the molecule is C#CCOc1ccc(Br)cc1C=NNC(=O)CCC(=O)Nc1ccc(C)cc1. The van der Waals surface area contributed by atoms with E-state index in [1.807, 2.05) is 37.3 Å². The van der Waals surface area contributed by atoms with E-state index in [0.29, 0.717) is 17.0 Å². The van der Waals surface area contributed by atoms with E-state index in [0.717, 1.165) is 10.0 Å². The molecule has 28 heavy (non-hydrogen) atoms. The molecule has 0 bridgehead atoms. The van der Waals surface area contributed by atoms with Crippen LogP contribution in [0.1, 0.15) is 24.0 Å². The Kier molecular flexibility index (Phi) is 8.25.